The lowest BCUT2D eigenvalue weighted by atomic mass is 9.31. The van der Waals surface area contributed by atoms with E-state index in [2.05, 4.69) is 279 Å². The van der Waals surface area contributed by atoms with Gasteiger partial charge in [-0.05, 0) is 126 Å². The van der Waals surface area contributed by atoms with Crippen LogP contribution in [-0.2, 0) is 5.41 Å². The van der Waals surface area contributed by atoms with Crippen LogP contribution in [0.15, 0.2) is 249 Å². The lowest BCUT2D eigenvalue weighted by molar-refractivity contribution is 0.464. The molecule has 11 aromatic rings. The van der Waals surface area contributed by atoms with Crippen LogP contribution >= 0.6 is 0 Å². The van der Waals surface area contributed by atoms with E-state index in [9.17, 15) is 0 Å². The van der Waals surface area contributed by atoms with Gasteiger partial charge in [0.2, 0.25) is 0 Å². The van der Waals surface area contributed by atoms with E-state index in [-0.39, 0.29) is 18.8 Å². The Morgan fingerprint density at radius 1 is 0.316 bits per heavy atom. The summed E-state index contributed by atoms with van der Waals surface area (Å²) in [5, 5.41) is 0. The first-order valence-corrected chi connectivity index (χ1v) is 26.5. The zero-order valence-corrected chi connectivity index (χ0v) is 42.5. The second-order valence-corrected chi connectivity index (χ2v) is 21.6. The Kier molecular flexibility index (Phi) is 9.99. The van der Waals surface area contributed by atoms with Crippen molar-refractivity contribution in [1.29, 1.82) is 0 Å². The van der Waals surface area contributed by atoms with Crippen molar-refractivity contribution in [2.45, 2.75) is 26.2 Å². The van der Waals surface area contributed by atoms with Crippen molar-refractivity contribution in [2.75, 3.05) is 9.80 Å². The molecule has 0 saturated carbocycles. The van der Waals surface area contributed by atoms with Gasteiger partial charge >= 0.3 is 0 Å². The van der Waals surface area contributed by atoms with Crippen molar-refractivity contribution < 1.29 is 9.47 Å². The molecule has 358 valence electrons. The predicted molar refractivity (Wildman–Crippen MR) is 319 cm³/mol. The summed E-state index contributed by atoms with van der Waals surface area (Å²) < 4.78 is 14.8. The van der Waals surface area contributed by atoms with Crippen molar-refractivity contribution in [3.63, 3.8) is 0 Å². The average Bonchev–Trinajstić information content (AvgIpc) is 3.65. The van der Waals surface area contributed by atoms with Gasteiger partial charge in [-0.3, -0.25) is 0 Å². The molecule has 4 aliphatic heterocycles. The largest absolute Gasteiger partial charge is 0.458 e. The number of ether oxygens (including phenoxy) is 2. The van der Waals surface area contributed by atoms with Crippen LogP contribution in [0.1, 0.15) is 26.3 Å². The van der Waals surface area contributed by atoms with Gasteiger partial charge in [0.05, 0.1) is 5.69 Å². The maximum absolute atomic E-state index is 7.48. The van der Waals surface area contributed by atoms with E-state index in [0.717, 1.165) is 112 Å². The third kappa shape index (κ3) is 6.94. The molecule has 0 fully saturated rings. The van der Waals surface area contributed by atoms with Gasteiger partial charge < -0.3 is 19.3 Å². The molecular weight excluding hydrogens is 922 g/mol. The number of rotatable bonds is 6. The van der Waals surface area contributed by atoms with Crippen LogP contribution in [0.3, 0.4) is 0 Å². The fourth-order valence-corrected chi connectivity index (χ4v) is 12.6. The Balaban J connectivity index is 1.02. The Morgan fingerprint density at radius 2 is 0.803 bits per heavy atom. The Bertz CT molecular complexity index is 4050. The molecule has 0 aliphatic carbocycles. The van der Waals surface area contributed by atoms with Gasteiger partial charge in [0.1, 0.15) is 23.0 Å². The molecule has 15 rings (SSSR count). The van der Waals surface area contributed by atoms with Crippen molar-refractivity contribution in [2.24, 2.45) is 0 Å². The first-order chi connectivity index (χ1) is 37.3. The van der Waals surface area contributed by atoms with E-state index < -0.39 is 0 Å². The second-order valence-electron chi connectivity index (χ2n) is 21.6. The summed E-state index contributed by atoms with van der Waals surface area (Å²) in [6.45, 7) is 6.57. The highest BCUT2D eigenvalue weighted by molar-refractivity contribution is 7.02. The molecule has 0 spiro atoms. The van der Waals surface area contributed by atoms with Crippen LogP contribution in [0.2, 0.25) is 0 Å². The van der Waals surface area contributed by atoms with Crippen LogP contribution in [0.5, 0.6) is 23.0 Å². The molecule has 0 aromatic heterocycles. The van der Waals surface area contributed by atoms with E-state index >= 15 is 0 Å². The Morgan fingerprint density at radius 3 is 1.39 bits per heavy atom. The standard InChI is InChI=1S/C70H50B2N2O2/c1-70(2,3)51-41-62-68-66(42-51)76-64-44-63-58(43-57(64)71(68)55-34-19-20-35-59(55)73(62)52-30-17-8-18-31-52)72-56-37-36-49(45-22-9-4-10-23-45)38-60(56)74(61-39-50(40-65(75-63)67(61)72)46-24-11-5-12-25-46)69-53(47-26-13-6-14-27-47)32-21-33-54(69)48-28-15-7-16-29-48/h4-44H,1-3H3. The fourth-order valence-electron chi connectivity index (χ4n) is 12.6. The smallest absolute Gasteiger partial charge is 0.256 e. The van der Waals surface area contributed by atoms with Gasteiger partial charge in [0.25, 0.3) is 13.4 Å². The normalized spacial score (nSPS) is 13.3. The summed E-state index contributed by atoms with van der Waals surface area (Å²) in [5.41, 5.74) is 24.0. The van der Waals surface area contributed by atoms with Crippen LogP contribution in [0, 0.1) is 0 Å². The van der Waals surface area contributed by atoms with Crippen molar-refractivity contribution in [3.05, 3.63) is 254 Å². The molecule has 4 aliphatic rings. The van der Waals surface area contributed by atoms with Crippen LogP contribution < -0.4 is 52.1 Å². The monoisotopic (exact) mass is 972 g/mol. The highest BCUT2D eigenvalue weighted by atomic mass is 16.5. The molecule has 0 saturated heterocycles. The van der Waals surface area contributed by atoms with Gasteiger partial charge in [-0.2, -0.15) is 0 Å². The molecule has 76 heavy (non-hydrogen) atoms. The number of hydrogen-bond acceptors (Lipinski definition) is 4. The molecule has 0 atom stereocenters. The van der Waals surface area contributed by atoms with Crippen molar-refractivity contribution in [3.8, 4) is 67.5 Å². The fraction of sp³-hybridized carbons (Fsp3) is 0.0571. The average molecular weight is 973 g/mol. The van der Waals surface area contributed by atoms with Gasteiger partial charge in [-0.15, -0.1) is 0 Å². The van der Waals surface area contributed by atoms with Crippen molar-refractivity contribution >= 4 is 80.3 Å². The highest BCUT2D eigenvalue weighted by Crippen LogP contribution is 2.51. The number of benzene rings is 11. The van der Waals surface area contributed by atoms with Crippen LogP contribution in [0.4, 0.5) is 34.1 Å². The summed E-state index contributed by atoms with van der Waals surface area (Å²) in [6.07, 6.45) is 0. The summed E-state index contributed by atoms with van der Waals surface area (Å²) in [5.74, 6) is 3.35. The summed E-state index contributed by atoms with van der Waals surface area (Å²) in [7, 11) is 0. The molecule has 6 heteroatoms. The quantitative estimate of drug-likeness (QED) is 0.155. The molecule has 0 bridgehead atoms. The number of para-hydroxylation sites is 3. The Labute approximate surface area is 445 Å². The summed E-state index contributed by atoms with van der Waals surface area (Å²) in [6, 6.07) is 90.9. The molecule has 0 N–H and O–H groups in total. The van der Waals surface area contributed by atoms with E-state index in [4.69, 9.17) is 9.47 Å². The topological polar surface area (TPSA) is 24.9 Å². The summed E-state index contributed by atoms with van der Waals surface area (Å²) in [4.78, 5) is 5.00. The molecule has 4 nitrogen and oxygen atoms in total. The first kappa shape index (κ1) is 44.3. The van der Waals surface area contributed by atoms with Crippen LogP contribution in [0.25, 0.3) is 44.5 Å². The van der Waals surface area contributed by atoms with Gasteiger partial charge in [0, 0.05) is 45.6 Å². The number of nitrogens with zero attached hydrogens (tertiary/aromatic N) is 2. The molecule has 4 heterocycles. The minimum Gasteiger partial charge on any atom is -0.458 e. The van der Waals surface area contributed by atoms with Gasteiger partial charge in [-0.25, -0.2) is 0 Å². The predicted octanol–water partition coefficient (Wildman–Crippen LogP) is 14.5. The van der Waals surface area contributed by atoms with E-state index in [1.807, 2.05) is 0 Å². The molecule has 0 unspecified atom stereocenters. The molecule has 0 radical (unpaired) electrons. The zero-order valence-electron chi connectivity index (χ0n) is 42.5. The SMILES string of the molecule is CC(C)(C)c1cc2c3c(c1)N(c1ccccc1)c1ccccc1B3c1cc3c(cc1O2)Oc1cc(-c2ccccc2)cc2c1B3c1ccc(-c3ccccc3)cc1N2c1c(-c2ccccc2)cccc1-c1ccccc1. The molecule has 11 aromatic carbocycles. The minimum atomic E-state index is -0.187. The maximum atomic E-state index is 7.48. The molecular formula is C70H50B2N2O2. The minimum absolute atomic E-state index is 0.100. The maximum Gasteiger partial charge on any atom is 0.256 e. The van der Waals surface area contributed by atoms with Gasteiger partial charge in [0.15, 0.2) is 0 Å². The lowest BCUT2D eigenvalue weighted by Gasteiger charge is -2.43. The number of hydrogen-bond donors (Lipinski definition) is 0. The highest BCUT2D eigenvalue weighted by Gasteiger charge is 2.47. The van der Waals surface area contributed by atoms with Gasteiger partial charge in [-0.1, -0.05) is 215 Å². The number of fused-ring (bicyclic) bond motifs is 8. The molecule has 0 amide bonds. The van der Waals surface area contributed by atoms with E-state index in [1.165, 1.54) is 27.6 Å². The second kappa shape index (κ2) is 17.2. The van der Waals surface area contributed by atoms with E-state index in [1.54, 1.807) is 0 Å². The summed E-state index contributed by atoms with van der Waals surface area (Å²) >= 11 is 0. The van der Waals surface area contributed by atoms with Crippen LogP contribution in [-0.4, -0.2) is 13.4 Å². The lowest BCUT2D eigenvalue weighted by Crippen LogP contribution is -2.63. The zero-order chi connectivity index (χ0) is 50.6. The van der Waals surface area contributed by atoms with Crippen molar-refractivity contribution in [1.82, 2.24) is 0 Å². The number of anilines is 6. The third-order valence-corrected chi connectivity index (χ3v) is 16.1. The first-order valence-electron chi connectivity index (χ1n) is 26.5. The van der Waals surface area contributed by atoms with E-state index in [0.29, 0.717) is 0 Å². The Hall–Kier alpha value is -9.25. The third-order valence-electron chi connectivity index (χ3n) is 16.1.